The zero-order valence-corrected chi connectivity index (χ0v) is 25.3. The van der Waals surface area contributed by atoms with Crippen LogP contribution >= 0.6 is 34.8 Å². The van der Waals surface area contributed by atoms with Crippen LogP contribution in [0, 0.1) is 5.21 Å². The van der Waals surface area contributed by atoms with Crippen molar-refractivity contribution in [2.45, 2.75) is 43.8 Å². The van der Waals surface area contributed by atoms with Crippen LogP contribution in [0.4, 0.5) is 5.82 Å². The van der Waals surface area contributed by atoms with E-state index in [4.69, 9.17) is 48.8 Å². The highest BCUT2D eigenvalue weighted by molar-refractivity contribution is 6.38. The molecule has 224 valence electrons. The molecule has 0 amide bonds. The molecule has 1 aromatic carbocycles. The van der Waals surface area contributed by atoms with E-state index in [-0.39, 0.29) is 22.6 Å². The molecule has 43 heavy (non-hydrogen) atoms. The zero-order valence-electron chi connectivity index (χ0n) is 23.1. The number of halogens is 3. The van der Waals surface area contributed by atoms with E-state index in [1.165, 1.54) is 19.5 Å². The maximum absolute atomic E-state index is 11.9. The minimum absolute atomic E-state index is 0.107. The summed E-state index contributed by atoms with van der Waals surface area (Å²) in [5, 5.41) is 28.2. The Kier molecular flexibility index (Phi) is 8.12. The second kappa shape index (κ2) is 11.8. The summed E-state index contributed by atoms with van der Waals surface area (Å²) in [4.78, 5) is 18.3. The van der Waals surface area contributed by atoms with Crippen molar-refractivity contribution in [3.8, 4) is 17.0 Å². The second-order valence-electron chi connectivity index (χ2n) is 10.7. The molecule has 1 aliphatic heterocycles. The summed E-state index contributed by atoms with van der Waals surface area (Å²) in [5.74, 6) is 1.64. The van der Waals surface area contributed by atoms with Crippen molar-refractivity contribution < 1.29 is 28.6 Å². The van der Waals surface area contributed by atoms with E-state index in [0.29, 0.717) is 81.0 Å². The van der Waals surface area contributed by atoms with Crippen molar-refractivity contribution in [2.24, 2.45) is 0 Å². The van der Waals surface area contributed by atoms with Gasteiger partial charge in [-0.1, -0.05) is 46.0 Å². The number of methoxy groups -OCH3 is 1. The molecule has 4 heterocycles. The molecule has 10 nitrogen and oxygen atoms in total. The molecule has 1 saturated carbocycles. The van der Waals surface area contributed by atoms with Gasteiger partial charge in [0.15, 0.2) is 12.4 Å². The van der Waals surface area contributed by atoms with Crippen LogP contribution < -0.4 is 14.4 Å². The fraction of sp³-hybridized carbons (Fsp3) is 0.333. The van der Waals surface area contributed by atoms with Gasteiger partial charge in [-0.25, -0.2) is 9.78 Å². The van der Waals surface area contributed by atoms with E-state index < -0.39 is 11.6 Å². The molecule has 4 aromatic rings. The number of rotatable bonds is 8. The Hall–Kier alpha value is -3.57. The van der Waals surface area contributed by atoms with Crippen LogP contribution in [0.2, 0.25) is 15.1 Å². The Labute approximate surface area is 262 Å². The molecule has 0 spiro atoms. The van der Waals surface area contributed by atoms with E-state index >= 15 is 0 Å². The van der Waals surface area contributed by atoms with E-state index in [9.17, 15) is 15.1 Å². The van der Waals surface area contributed by atoms with E-state index in [2.05, 4.69) is 10.1 Å². The maximum Gasteiger partial charge on any atom is 0.338 e. The molecule has 1 saturated heterocycles. The lowest BCUT2D eigenvalue weighted by Crippen LogP contribution is -2.43. The summed E-state index contributed by atoms with van der Waals surface area (Å²) in [6, 6.07) is 8.50. The Morgan fingerprint density at radius 3 is 2.51 bits per heavy atom. The molecule has 0 atom stereocenters. The van der Waals surface area contributed by atoms with Crippen LogP contribution in [0.1, 0.15) is 58.8 Å². The van der Waals surface area contributed by atoms with Crippen LogP contribution in [-0.4, -0.2) is 41.4 Å². The number of carbonyl (C=O) groups is 1. The van der Waals surface area contributed by atoms with Gasteiger partial charge in [0.25, 0.3) is 0 Å². The lowest BCUT2D eigenvalue weighted by atomic mass is 9.84. The van der Waals surface area contributed by atoms with Gasteiger partial charge in [-0.15, -0.1) is 0 Å². The van der Waals surface area contributed by atoms with Crippen LogP contribution in [0.15, 0.2) is 53.4 Å². The highest BCUT2D eigenvalue weighted by Crippen LogP contribution is 2.46. The third kappa shape index (κ3) is 5.97. The number of benzene rings is 1. The van der Waals surface area contributed by atoms with Crippen LogP contribution in [0.5, 0.6) is 5.75 Å². The molecule has 6 rings (SSSR count). The Morgan fingerprint density at radius 1 is 1.14 bits per heavy atom. The monoisotopic (exact) mass is 644 g/mol. The maximum atomic E-state index is 11.9. The minimum atomic E-state index is -1.15. The van der Waals surface area contributed by atoms with Gasteiger partial charge >= 0.3 is 5.97 Å². The van der Waals surface area contributed by atoms with Crippen molar-refractivity contribution in [1.29, 1.82) is 0 Å². The summed E-state index contributed by atoms with van der Waals surface area (Å²) in [6.45, 7) is 1.13. The summed E-state index contributed by atoms with van der Waals surface area (Å²) in [5.41, 5.74) is 1.40. The minimum Gasteiger partial charge on any atom is -0.619 e. The molecule has 2 aliphatic rings. The number of anilines is 1. The average molecular weight is 646 g/mol. The average Bonchev–Trinajstić information content (AvgIpc) is 3.75. The van der Waals surface area contributed by atoms with E-state index in [1.54, 1.807) is 36.5 Å². The van der Waals surface area contributed by atoms with Gasteiger partial charge in [-0.3, -0.25) is 0 Å². The number of piperidine rings is 1. The number of carbonyl (C=O) groups excluding carboxylic acids is 1. The van der Waals surface area contributed by atoms with Crippen LogP contribution in [0.25, 0.3) is 11.3 Å². The first-order valence-corrected chi connectivity index (χ1v) is 14.8. The number of hydrogen-bond donors (Lipinski definition) is 1. The first-order valence-electron chi connectivity index (χ1n) is 13.7. The van der Waals surface area contributed by atoms with Gasteiger partial charge in [0.2, 0.25) is 0 Å². The largest absolute Gasteiger partial charge is 0.619 e. The Morgan fingerprint density at radius 2 is 1.86 bits per heavy atom. The number of pyridine rings is 2. The molecule has 0 radical (unpaired) electrons. The first-order chi connectivity index (χ1) is 20.7. The molecule has 0 bridgehead atoms. The number of aromatic nitrogens is 3. The van der Waals surface area contributed by atoms with Gasteiger partial charge in [0.05, 0.1) is 34.4 Å². The zero-order chi connectivity index (χ0) is 30.3. The lowest BCUT2D eigenvalue weighted by Gasteiger charge is -2.39. The smallest absolute Gasteiger partial charge is 0.338 e. The van der Waals surface area contributed by atoms with Gasteiger partial charge in [0.1, 0.15) is 39.7 Å². The predicted molar refractivity (Wildman–Crippen MR) is 160 cm³/mol. The summed E-state index contributed by atoms with van der Waals surface area (Å²) in [6.07, 6.45) is 6.76. The predicted octanol–water partition coefficient (Wildman–Crippen LogP) is 6.06. The topological polar surface area (TPSA) is 125 Å². The lowest BCUT2D eigenvalue weighted by molar-refractivity contribution is -0.605. The third-order valence-electron chi connectivity index (χ3n) is 7.87. The number of hydrogen-bond acceptors (Lipinski definition) is 9. The van der Waals surface area contributed by atoms with Gasteiger partial charge < -0.3 is 29.2 Å². The molecule has 2 fully saturated rings. The first kappa shape index (κ1) is 29.5. The van der Waals surface area contributed by atoms with Crippen LogP contribution in [0.3, 0.4) is 0 Å². The Bertz CT molecular complexity index is 1660. The number of ether oxygens (including phenoxy) is 2. The van der Waals surface area contributed by atoms with Crippen LogP contribution in [-0.2, 0) is 16.9 Å². The van der Waals surface area contributed by atoms with E-state index in [1.807, 2.05) is 4.90 Å². The second-order valence-corrected chi connectivity index (χ2v) is 11.9. The highest BCUT2D eigenvalue weighted by atomic mass is 35.5. The molecule has 3 aromatic heterocycles. The SMILES string of the molecule is COC(=O)c1ccnc(N2CCC(O)(c3ccc(OCc4c(-c5c(Cl)c[n+]([O-])cc5Cl)noc4C4CC4)cc3Cl)CC2)c1. The van der Waals surface area contributed by atoms with Gasteiger partial charge in [0, 0.05) is 30.8 Å². The highest BCUT2D eigenvalue weighted by Gasteiger charge is 2.37. The fourth-order valence-electron chi connectivity index (χ4n) is 5.38. The fourth-order valence-corrected chi connectivity index (χ4v) is 6.35. The van der Waals surface area contributed by atoms with Crippen molar-refractivity contribution in [2.75, 3.05) is 25.1 Å². The third-order valence-corrected chi connectivity index (χ3v) is 8.75. The van der Waals surface area contributed by atoms with Crippen molar-refractivity contribution in [3.05, 3.63) is 91.6 Å². The summed E-state index contributed by atoms with van der Waals surface area (Å²) < 4.78 is 17.2. The van der Waals surface area contributed by atoms with Gasteiger partial charge in [-0.05, 0) is 49.9 Å². The van der Waals surface area contributed by atoms with Crippen molar-refractivity contribution in [3.63, 3.8) is 0 Å². The van der Waals surface area contributed by atoms with Crippen molar-refractivity contribution >= 4 is 46.6 Å². The summed E-state index contributed by atoms with van der Waals surface area (Å²) >= 11 is 19.4. The van der Waals surface area contributed by atoms with Crippen molar-refractivity contribution in [1.82, 2.24) is 10.1 Å². The molecular formula is C30H27Cl3N4O6. The van der Waals surface area contributed by atoms with Gasteiger partial charge in [-0.2, -0.15) is 4.73 Å². The number of aliphatic hydroxyl groups is 1. The molecule has 0 unspecified atom stereocenters. The normalized spacial score (nSPS) is 16.3. The summed E-state index contributed by atoms with van der Waals surface area (Å²) in [7, 11) is 1.34. The molecule has 1 N–H and O–H groups in total. The molecule has 13 heteroatoms. The quantitative estimate of drug-likeness (QED) is 0.138. The van der Waals surface area contributed by atoms with E-state index in [0.717, 1.165) is 12.8 Å². The molecular weight excluding hydrogens is 619 g/mol. The number of nitrogens with zero attached hydrogens (tertiary/aromatic N) is 4. The molecule has 1 aliphatic carbocycles. The number of esters is 1. The standard InChI is InChI=1S/C30H27Cl3N4O6/c1-41-29(38)18-6-9-34-25(12-18)36-10-7-30(39,8-11-36)21-5-4-19(13-22(21)31)42-16-20-27(35-43-28(20)17-2-3-17)26-23(32)14-37(40)15-24(26)33/h4-6,9,12-15,17,39H,2-3,7-8,10-11,16H2,1H3. The Balaban J connectivity index is 1.17.